The number of aromatic nitrogens is 2. The van der Waals surface area contributed by atoms with Crippen LogP contribution in [-0.4, -0.2) is 16.0 Å². The Morgan fingerprint density at radius 2 is 1.83 bits per heavy atom. The fourth-order valence-corrected chi connectivity index (χ4v) is 2.38. The fourth-order valence-electron chi connectivity index (χ4n) is 2.07. The number of halogens is 2. The second-order valence-electron chi connectivity index (χ2n) is 5.05. The number of nitrogens with one attached hydrogen (secondary N) is 1. The lowest BCUT2D eigenvalue weighted by Crippen LogP contribution is -2.12. The Balaban J connectivity index is 1.58. The minimum Gasteiger partial charge on any atom is -0.339 e. The molecule has 0 saturated carbocycles. The van der Waals surface area contributed by atoms with Gasteiger partial charge >= 0.3 is 0 Å². The Hall–Kier alpha value is -2.37. The van der Waals surface area contributed by atoms with E-state index in [9.17, 15) is 4.79 Å². The highest BCUT2D eigenvalue weighted by atomic mass is 35.5. The predicted molar refractivity (Wildman–Crippen MR) is 93.1 cm³/mol. The number of hydrogen-bond donors (Lipinski definition) is 1. The first-order valence-electron chi connectivity index (χ1n) is 7.25. The van der Waals surface area contributed by atoms with Gasteiger partial charge in [0.1, 0.15) is 0 Å². The number of rotatable bonds is 5. The molecule has 0 unspecified atom stereocenters. The summed E-state index contributed by atoms with van der Waals surface area (Å²) in [6.45, 7) is 0. The maximum Gasteiger partial charge on any atom is 0.227 e. The lowest BCUT2D eigenvalue weighted by Gasteiger charge is -2.05. The van der Waals surface area contributed by atoms with Gasteiger partial charge in [0.25, 0.3) is 0 Å². The zero-order valence-corrected chi connectivity index (χ0v) is 14.0. The number of para-hydroxylation sites is 1. The van der Waals surface area contributed by atoms with Gasteiger partial charge in [-0.25, -0.2) is 0 Å². The molecule has 0 saturated heterocycles. The molecule has 0 radical (unpaired) electrons. The van der Waals surface area contributed by atoms with Gasteiger partial charge in [0.05, 0.1) is 10.7 Å². The minimum absolute atomic E-state index is 0.172. The first-order valence-corrected chi connectivity index (χ1v) is 8.00. The zero-order chi connectivity index (χ0) is 16.9. The number of carbonyl (C=O) groups is 1. The van der Waals surface area contributed by atoms with E-state index in [4.69, 9.17) is 27.7 Å². The number of carbonyl (C=O) groups excluding carboxylic acids is 1. The molecule has 2 aromatic carbocycles. The molecule has 24 heavy (non-hydrogen) atoms. The molecule has 0 spiro atoms. The summed E-state index contributed by atoms with van der Waals surface area (Å²) >= 11 is 11.9. The maximum absolute atomic E-state index is 12.0. The lowest BCUT2D eigenvalue weighted by molar-refractivity contribution is -0.116. The van der Waals surface area contributed by atoms with E-state index in [1.165, 1.54) is 0 Å². The van der Waals surface area contributed by atoms with Crippen LogP contribution in [0.25, 0.3) is 11.4 Å². The van der Waals surface area contributed by atoms with Crippen molar-refractivity contribution >= 4 is 34.8 Å². The van der Waals surface area contributed by atoms with Gasteiger partial charge < -0.3 is 9.84 Å². The number of amides is 1. The van der Waals surface area contributed by atoms with Crippen LogP contribution in [0.3, 0.4) is 0 Å². The summed E-state index contributed by atoms with van der Waals surface area (Å²) in [6, 6.07) is 14.2. The van der Waals surface area contributed by atoms with E-state index in [0.29, 0.717) is 33.9 Å². The number of nitrogens with zero attached hydrogens (tertiary/aromatic N) is 2. The van der Waals surface area contributed by atoms with Gasteiger partial charge in [0.2, 0.25) is 17.6 Å². The van der Waals surface area contributed by atoms with Crippen LogP contribution in [0, 0.1) is 0 Å². The van der Waals surface area contributed by atoms with E-state index in [2.05, 4.69) is 15.5 Å². The smallest absolute Gasteiger partial charge is 0.227 e. The van der Waals surface area contributed by atoms with Crippen molar-refractivity contribution in [2.24, 2.45) is 0 Å². The van der Waals surface area contributed by atoms with E-state index < -0.39 is 0 Å². The molecule has 0 aliphatic carbocycles. The minimum atomic E-state index is -0.172. The van der Waals surface area contributed by atoms with Crippen LogP contribution < -0.4 is 5.32 Å². The van der Waals surface area contributed by atoms with Crippen LogP contribution in [0.4, 0.5) is 5.69 Å². The summed E-state index contributed by atoms with van der Waals surface area (Å²) in [5.74, 6) is 0.691. The molecule has 0 atom stereocenters. The van der Waals surface area contributed by atoms with Gasteiger partial charge in [-0.2, -0.15) is 4.98 Å². The van der Waals surface area contributed by atoms with Crippen molar-refractivity contribution in [3.63, 3.8) is 0 Å². The van der Waals surface area contributed by atoms with Gasteiger partial charge in [0, 0.05) is 23.4 Å². The normalized spacial score (nSPS) is 10.6. The van der Waals surface area contributed by atoms with Crippen molar-refractivity contribution in [2.75, 3.05) is 5.32 Å². The summed E-state index contributed by atoms with van der Waals surface area (Å²) < 4.78 is 5.17. The summed E-state index contributed by atoms with van der Waals surface area (Å²) in [6.07, 6.45) is 0.560. The monoisotopic (exact) mass is 361 g/mol. The largest absolute Gasteiger partial charge is 0.339 e. The van der Waals surface area contributed by atoms with Crippen molar-refractivity contribution in [1.82, 2.24) is 10.1 Å². The van der Waals surface area contributed by atoms with Crippen molar-refractivity contribution in [1.29, 1.82) is 0 Å². The molecule has 122 valence electrons. The fraction of sp³-hybridized carbons (Fsp3) is 0.118. The van der Waals surface area contributed by atoms with Gasteiger partial charge in [-0.1, -0.05) is 40.5 Å². The molecule has 0 aliphatic heterocycles. The summed E-state index contributed by atoms with van der Waals surface area (Å²) in [7, 11) is 0. The zero-order valence-electron chi connectivity index (χ0n) is 12.5. The quantitative estimate of drug-likeness (QED) is 0.719. The van der Waals surface area contributed by atoms with Crippen molar-refractivity contribution in [2.45, 2.75) is 12.8 Å². The van der Waals surface area contributed by atoms with E-state index in [1.807, 2.05) is 0 Å². The Bertz CT molecular complexity index is 847. The van der Waals surface area contributed by atoms with Crippen LogP contribution in [0.1, 0.15) is 12.3 Å². The highest BCUT2D eigenvalue weighted by Crippen LogP contribution is 2.21. The average molecular weight is 362 g/mol. The molecule has 0 fully saturated rings. The summed E-state index contributed by atoms with van der Waals surface area (Å²) in [5.41, 5.74) is 1.38. The third-order valence-corrected chi connectivity index (χ3v) is 3.87. The van der Waals surface area contributed by atoms with E-state index in [1.54, 1.807) is 48.5 Å². The molecule has 7 heteroatoms. The third-order valence-electron chi connectivity index (χ3n) is 3.28. The van der Waals surface area contributed by atoms with Gasteiger partial charge in [-0.15, -0.1) is 0 Å². The standard InChI is InChI=1S/C17H13Cl2N3O2/c18-12-7-5-11(6-8-12)17-21-16(24-22-17)10-9-15(23)20-14-4-2-1-3-13(14)19/h1-8H,9-10H2,(H,20,23). The van der Waals surface area contributed by atoms with Crippen molar-refractivity contribution in [3.05, 3.63) is 64.5 Å². The van der Waals surface area contributed by atoms with E-state index in [-0.39, 0.29) is 12.3 Å². The second kappa shape index (κ2) is 7.47. The Morgan fingerprint density at radius 1 is 1.08 bits per heavy atom. The SMILES string of the molecule is O=C(CCc1nc(-c2ccc(Cl)cc2)no1)Nc1ccccc1Cl. The summed E-state index contributed by atoms with van der Waals surface area (Å²) in [4.78, 5) is 16.3. The molecule has 1 N–H and O–H groups in total. The number of hydrogen-bond acceptors (Lipinski definition) is 4. The highest BCUT2D eigenvalue weighted by molar-refractivity contribution is 6.33. The molecular weight excluding hydrogens is 349 g/mol. The van der Waals surface area contributed by atoms with Gasteiger partial charge in [0.15, 0.2) is 0 Å². The van der Waals surface area contributed by atoms with Crippen molar-refractivity contribution in [3.8, 4) is 11.4 Å². The Labute approximate surface area is 148 Å². The molecular formula is C17H13Cl2N3O2. The Morgan fingerprint density at radius 3 is 2.58 bits per heavy atom. The van der Waals surface area contributed by atoms with E-state index in [0.717, 1.165) is 5.56 Å². The molecule has 3 rings (SSSR count). The third kappa shape index (κ3) is 4.13. The van der Waals surface area contributed by atoms with Crippen LogP contribution in [0.15, 0.2) is 53.1 Å². The van der Waals surface area contributed by atoms with Gasteiger partial charge in [-0.3, -0.25) is 4.79 Å². The maximum atomic E-state index is 12.0. The Kier molecular flexibility index (Phi) is 5.13. The molecule has 1 amide bonds. The molecule has 3 aromatic rings. The number of aryl methyl sites for hydroxylation is 1. The first kappa shape index (κ1) is 16.5. The average Bonchev–Trinajstić information content (AvgIpc) is 3.05. The van der Waals surface area contributed by atoms with Crippen LogP contribution in [-0.2, 0) is 11.2 Å². The molecule has 0 aliphatic rings. The van der Waals surface area contributed by atoms with Gasteiger partial charge in [-0.05, 0) is 36.4 Å². The van der Waals surface area contributed by atoms with Crippen molar-refractivity contribution < 1.29 is 9.32 Å². The van der Waals surface area contributed by atoms with Crippen LogP contribution in [0.5, 0.6) is 0 Å². The first-order chi connectivity index (χ1) is 11.6. The highest BCUT2D eigenvalue weighted by Gasteiger charge is 2.11. The molecule has 5 nitrogen and oxygen atoms in total. The number of anilines is 1. The predicted octanol–water partition coefficient (Wildman–Crippen LogP) is 4.61. The molecule has 1 aromatic heterocycles. The molecule has 0 bridgehead atoms. The van der Waals surface area contributed by atoms with Crippen LogP contribution in [0.2, 0.25) is 10.0 Å². The topological polar surface area (TPSA) is 68.0 Å². The number of benzene rings is 2. The second-order valence-corrected chi connectivity index (χ2v) is 5.89. The summed E-state index contributed by atoms with van der Waals surface area (Å²) in [5, 5.41) is 7.79. The molecule has 1 heterocycles. The van der Waals surface area contributed by atoms with Crippen LogP contribution >= 0.6 is 23.2 Å². The van der Waals surface area contributed by atoms with E-state index >= 15 is 0 Å². The lowest BCUT2D eigenvalue weighted by atomic mass is 10.2.